The molecule has 25 heavy (non-hydrogen) atoms. The van der Waals surface area contributed by atoms with E-state index >= 15 is 0 Å². The zero-order chi connectivity index (χ0) is 17.5. The molecule has 0 spiro atoms. The van der Waals surface area contributed by atoms with E-state index in [1.165, 1.54) is 30.6 Å². The highest BCUT2D eigenvalue weighted by Crippen LogP contribution is 2.20. The summed E-state index contributed by atoms with van der Waals surface area (Å²) in [5.41, 5.74) is 0. The lowest BCUT2D eigenvalue weighted by Gasteiger charge is -2.28. The van der Waals surface area contributed by atoms with Gasteiger partial charge in [-0.15, -0.1) is 11.3 Å². The molecule has 0 bridgehead atoms. The molecule has 0 unspecified atom stereocenters. The van der Waals surface area contributed by atoms with Crippen LogP contribution in [0.2, 0.25) is 0 Å². The fraction of sp³-hybridized carbons (Fsp3) is 0.471. The summed E-state index contributed by atoms with van der Waals surface area (Å²) in [6.45, 7) is 5.14. The average molecular weight is 360 g/mol. The fourth-order valence-electron chi connectivity index (χ4n) is 2.80. The SMILES string of the molecule is Cc1nc(NCCNC(=O)Nc2cccs2)cc(N2CCCCC2)n1. The van der Waals surface area contributed by atoms with Crippen LogP contribution in [0.5, 0.6) is 0 Å². The number of anilines is 3. The van der Waals surface area contributed by atoms with Crippen LogP contribution in [0.3, 0.4) is 0 Å². The second-order valence-electron chi connectivity index (χ2n) is 5.99. The van der Waals surface area contributed by atoms with E-state index in [4.69, 9.17) is 0 Å². The molecular weight excluding hydrogens is 336 g/mol. The molecule has 3 heterocycles. The average Bonchev–Trinajstić information content (AvgIpc) is 3.12. The Bertz CT molecular complexity index is 684. The van der Waals surface area contributed by atoms with Crippen LogP contribution in [-0.4, -0.2) is 42.2 Å². The number of aromatic nitrogens is 2. The number of nitrogens with one attached hydrogen (secondary N) is 3. The lowest BCUT2D eigenvalue weighted by atomic mass is 10.1. The Balaban J connectivity index is 1.46. The summed E-state index contributed by atoms with van der Waals surface area (Å²) < 4.78 is 0. The molecule has 1 saturated heterocycles. The molecule has 1 aliphatic heterocycles. The second kappa shape index (κ2) is 8.66. The normalized spacial score (nSPS) is 14.2. The molecule has 2 amide bonds. The topological polar surface area (TPSA) is 82.2 Å². The van der Waals surface area contributed by atoms with Gasteiger partial charge in [0.25, 0.3) is 0 Å². The number of piperidine rings is 1. The first-order valence-corrected chi connectivity index (χ1v) is 9.51. The van der Waals surface area contributed by atoms with Crippen molar-refractivity contribution in [2.75, 3.05) is 41.7 Å². The van der Waals surface area contributed by atoms with Crippen molar-refractivity contribution in [2.24, 2.45) is 0 Å². The number of carbonyl (C=O) groups excluding carboxylic acids is 1. The maximum absolute atomic E-state index is 11.8. The Labute approximate surface area is 151 Å². The van der Waals surface area contributed by atoms with Gasteiger partial charge < -0.3 is 15.5 Å². The summed E-state index contributed by atoms with van der Waals surface area (Å²) in [4.78, 5) is 23.1. The Morgan fingerprint density at radius 2 is 2.08 bits per heavy atom. The molecule has 1 aliphatic rings. The molecule has 3 N–H and O–H groups in total. The highest BCUT2D eigenvalue weighted by Gasteiger charge is 2.13. The minimum absolute atomic E-state index is 0.197. The van der Waals surface area contributed by atoms with Gasteiger partial charge >= 0.3 is 6.03 Å². The molecule has 134 valence electrons. The van der Waals surface area contributed by atoms with Crippen LogP contribution < -0.4 is 20.9 Å². The highest BCUT2D eigenvalue weighted by molar-refractivity contribution is 7.14. The monoisotopic (exact) mass is 360 g/mol. The first-order valence-electron chi connectivity index (χ1n) is 8.63. The number of hydrogen-bond acceptors (Lipinski definition) is 6. The summed E-state index contributed by atoms with van der Waals surface area (Å²) in [5.74, 6) is 2.54. The van der Waals surface area contributed by atoms with Gasteiger partial charge in [0.1, 0.15) is 17.5 Å². The lowest BCUT2D eigenvalue weighted by molar-refractivity contribution is 0.252. The number of thiophene rings is 1. The summed E-state index contributed by atoms with van der Waals surface area (Å²) in [6, 6.07) is 5.56. The van der Waals surface area contributed by atoms with E-state index < -0.39 is 0 Å². The smallest absolute Gasteiger partial charge is 0.319 e. The van der Waals surface area contributed by atoms with E-state index in [9.17, 15) is 4.79 Å². The summed E-state index contributed by atoms with van der Waals surface area (Å²) in [7, 11) is 0. The molecule has 0 atom stereocenters. The largest absolute Gasteiger partial charge is 0.368 e. The van der Waals surface area contributed by atoms with Crippen LogP contribution in [0.25, 0.3) is 0 Å². The van der Waals surface area contributed by atoms with E-state index in [0.717, 1.165) is 35.6 Å². The Morgan fingerprint density at radius 1 is 1.24 bits per heavy atom. The molecule has 0 aromatic carbocycles. The first-order chi connectivity index (χ1) is 12.2. The standard InChI is InChI=1S/C17H24N6OS/c1-13-20-14(12-15(21-13)23-9-3-2-4-10-23)18-7-8-19-17(24)22-16-6-5-11-25-16/h5-6,11-12H,2-4,7-10H2,1H3,(H,18,20,21)(H2,19,22,24). The van der Waals surface area contributed by atoms with Crippen molar-refractivity contribution in [1.82, 2.24) is 15.3 Å². The van der Waals surface area contributed by atoms with Crippen LogP contribution in [0, 0.1) is 6.92 Å². The van der Waals surface area contributed by atoms with Crippen LogP contribution in [-0.2, 0) is 0 Å². The third-order valence-corrected chi connectivity index (χ3v) is 4.76. The van der Waals surface area contributed by atoms with Crippen molar-refractivity contribution in [3.05, 3.63) is 29.4 Å². The summed E-state index contributed by atoms with van der Waals surface area (Å²) >= 11 is 1.49. The predicted molar refractivity (Wildman–Crippen MR) is 103 cm³/mol. The second-order valence-corrected chi connectivity index (χ2v) is 6.94. The molecule has 0 aliphatic carbocycles. The summed E-state index contributed by atoms with van der Waals surface area (Å²) in [5, 5.41) is 11.6. The van der Waals surface area contributed by atoms with Crippen molar-refractivity contribution in [3.63, 3.8) is 0 Å². The van der Waals surface area contributed by atoms with Gasteiger partial charge in [-0.3, -0.25) is 5.32 Å². The number of rotatable bonds is 6. The zero-order valence-corrected chi connectivity index (χ0v) is 15.2. The van der Waals surface area contributed by atoms with Gasteiger partial charge in [-0.05, 0) is 43.7 Å². The molecule has 0 saturated carbocycles. The van der Waals surface area contributed by atoms with Crippen LogP contribution in [0.15, 0.2) is 23.6 Å². The lowest BCUT2D eigenvalue weighted by Crippen LogP contribution is -2.32. The number of nitrogens with zero attached hydrogens (tertiary/aromatic N) is 3. The van der Waals surface area contributed by atoms with Crippen LogP contribution in [0.1, 0.15) is 25.1 Å². The number of urea groups is 1. The van der Waals surface area contributed by atoms with Crippen molar-refractivity contribution < 1.29 is 4.79 Å². The molecule has 2 aromatic heterocycles. The van der Waals surface area contributed by atoms with E-state index in [0.29, 0.717) is 13.1 Å². The number of carbonyl (C=O) groups is 1. The van der Waals surface area contributed by atoms with Gasteiger partial charge in [-0.1, -0.05) is 0 Å². The zero-order valence-electron chi connectivity index (χ0n) is 14.4. The van der Waals surface area contributed by atoms with Crippen molar-refractivity contribution in [2.45, 2.75) is 26.2 Å². The van der Waals surface area contributed by atoms with E-state index in [1.54, 1.807) is 0 Å². The van der Waals surface area contributed by atoms with Crippen molar-refractivity contribution in [3.8, 4) is 0 Å². The van der Waals surface area contributed by atoms with Crippen LogP contribution in [0.4, 0.5) is 21.4 Å². The van der Waals surface area contributed by atoms with Gasteiger partial charge in [-0.2, -0.15) is 0 Å². The Morgan fingerprint density at radius 3 is 2.84 bits per heavy atom. The van der Waals surface area contributed by atoms with E-state index in [2.05, 4.69) is 30.8 Å². The molecule has 8 heteroatoms. The fourth-order valence-corrected chi connectivity index (χ4v) is 3.41. The van der Waals surface area contributed by atoms with Gasteiger partial charge in [0.05, 0.1) is 5.00 Å². The highest BCUT2D eigenvalue weighted by atomic mass is 32.1. The maximum atomic E-state index is 11.8. The van der Waals surface area contributed by atoms with Gasteiger partial charge in [0.2, 0.25) is 0 Å². The van der Waals surface area contributed by atoms with E-state index in [1.807, 2.05) is 30.5 Å². The van der Waals surface area contributed by atoms with Gasteiger partial charge in [-0.25, -0.2) is 14.8 Å². The predicted octanol–water partition coefficient (Wildman–Crippen LogP) is 3.07. The Kier molecular flexibility index (Phi) is 6.05. The molecule has 2 aromatic rings. The molecular formula is C17H24N6OS. The van der Waals surface area contributed by atoms with Crippen LogP contribution >= 0.6 is 11.3 Å². The number of hydrogen-bond donors (Lipinski definition) is 3. The quantitative estimate of drug-likeness (QED) is 0.690. The first kappa shape index (κ1) is 17.5. The minimum atomic E-state index is -0.197. The van der Waals surface area contributed by atoms with Crippen molar-refractivity contribution in [1.29, 1.82) is 0 Å². The Hall–Kier alpha value is -2.35. The number of aryl methyl sites for hydroxylation is 1. The van der Waals surface area contributed by atoms with E-state index in [-0.39, 0.29) is 6.03 Å². The van der Waals surface area contributed by atoms with Gasteiger partial charge in [0.15, 0.2) is 0 Å². The summed E-state index contributed by atoms with van der Waals surface area (Å²) in [6.07, 6.45) is 3.73. The third kappa shape index (κ3) is 5.32. The molecule has 7 nitrogen and oxygen atoms in total. The molecule has 0 radical (unpaired) electrons. The molecule has 3 rings (SSSR count). The third-order valence-electron chi connectivity index (χ3n) is 3.98. The van der Waals surface area contributed by atoms with Gasteiger partial charge in [0, 0.05) is 32.2 Å². The van der Waals surface area contributed by atoms with Crippen molar-refractivity contribution >= 4 is 34.0 Å². The minimum Gasteiger partial charge on any atom is -0.368 e. The molecule has 1 fully saturated rings. The number of amides is 2. The maximum Gasteiger partial charge on any atom is 0.319 e.